The molecule has 1 fully saturated rings. The summed E-state index contributed by atoms with van der Waals surface area (Å²) in [5.74, 6) is 0.540. The zero-order valence-electron chi connectivity index (χ0n) is 24.2. The molecule has 0 bridgehead atoms. The van der Waals surface area contributed by atoms with Crippen molar-refractivity contribution in [3.8, 4) is 17.1 Å². The van der Waals surface area contributed by atoms with E-state index < -0.39 is 11.4 Å². The van der Waals surface area contributed by atoms with Crippen LogP contribution in [0, 0.1) is 24.6 Å². The van der Waals surface area contributed by atoms with Crippen molar-refractivity contribution >= 4 is 12.0 Å². The highest BCUT2D eigenvalue weighted by Gasteiger charge is 2.24. The molecule has 1 aliphatic rings. The topological polar surface area (TPSA) is 133 Å². The number of alkyl carbamates (subject to hydrolysis) is 1. The molecule has 1 aromatic carbocycles. The minimum Gasteiger partial charge on any atom is -0.494 e. The van der Waals surface area contributed by atoms with Crippen LogP contribution in [0.2, 0.25) is 0 Å². The van der Waals surface area contributed by atoms with Gasteiger partial charge >= 0.3 is 6.09 Å². The number of aromatic nitrogens is 5. The molecule has 0 atom stereocenters. The number of nitrogens with one attached hydrogen (secondary N) is 2. The summed E-state index contributed by atoms with van der Waals surface area (Å²) >= 11 is 0. The lowest BCUT2D eigenvalue weighted by molar-refractivity contribution is 0.0512. The number of ether oxygens (including phenoxy) is 2. The zero-order chi connectivity index (χ0) is 29.6. The van der Waals surface area contributed by atoms with Crippen molar-refractivity contribution in [1.29, 1.82) is 0 Å². The first-order valence-electron chi connectivity index (χ1n) is 13.8. The summed E-state index contributed by atoms with van der Waals surface area (Å²) in [5.41, 5.74) is 1.71. The Kier molecular flexibility index (Phi) is 9.51. The molecule has 2 heterocycles. The summed E-state index contributed by atoms with van der Waals surface area (Å²) in [5, 5.41) is 18.7. The molecule has 0 unspecified atom stereocenters. The molecule has 2 N–H and O–H groups in total. The Morgan fingerprint density at radius 3 is 2.51 bits per heavy atom. The van der Waals surface area contributed by atoms with E-state index in [1.54, 1.807) is 29.9 Å². The van der Waals surface area contributed by atoms with Crippen LogP contribution < -0.4 is 15.4 Å². The molecule has 2 aromatic heterocycles. The predicted octanol–water partition coefficient (Wildman–Crippen LogP) is 4.45. The summed E-state index contributed by atoms with van der Waals surface area (Å²) in [6.07, 6.45) is 3.66. The third-order valence-electron chi connectivity index (χ3n) is 6.89. The van der Waals surface area contributed by atoms with Gasteiger partial charge in [0.1, 0.15) is 11.3 Å². The first-order valence-corrected chi connectivity index (χ1v) is 13.8. The second-order valence-corrected chi connectivity index (χ2v) is 11.5. The van der Waals surface area contributed by atoms with Crippen LogP contribution >= 0.6 is 0 Å². The fourth-order valence-corrected chi connectivity index (χ4v) is 4.83. The number of hydrogen-bond acceptors (Lipinski definition) is 8. The van der Waals surface area contributed by atoms with Crippen molar-refractivity contribution < 1.29 is 23.5 Å². The maximum atomic E-state index is 13.7. The molecule has 11 nitrogen and oxygen atoms in total. The number of pyridine rings is 1. The number of methoxy groups -OCH3 is 1. The largest absolute Gasteiger partial charge is 0.494 e. The number of tetrazole rings is 1. The molecule has 4 rings (SSSR count). The van der Waals surface area contributed by atoms with Gasteiger partial charge in [-0.2, -0.15) is 4.80 Å². The van der Waals surface area contributed by atoms with Gasteiger partial charge in [0.05, 0.1) is 13.7 Å². The van der Waals surface area contributed by atoms with E-state index in [1.165, 1.54) is 13.2 Å². The molecular formula is C29H38FN7O4. The monoisotopic (exact) mass is 567 g/mol. The van der Waals surface area contributed by atoms with Gasteiger partial charge in [-0.1, -0.05) is 6.07 Å². The highest BCUT2D eigenvalue weighted by molar-refractivity contribution is 5.93. The first kappa shape index (κ1) is 29.9. The van der Waals surface area contributed by atoms with Gasteiger partial charge in [0.25, 0.3) is 5.91 Å². The standard InChI is InChI=1S/C29H38FN7O4/c1-18-12-22(14-24(33-18)27(38)31-16-21-10-11-23(30)25(13-21)40-5)26-34-36-37(35-26)17-20-8-6-19(7-9-20)15-32-28(39)41-29(2,3)4/h10-14,19-20H,6-9,15-17H2,1-5H3,(H,31,38)(H,32,39). The van der Waals surface area contributed by atoms with Crippen molar-refractivity contribution in [2.75, 3.05) is 13.7 Å². The Morgan fingerprint density at radius 1 is 1.07 bits per heavy atom. The highest BCUT2D eigenvalue weighted by atomic mass is 19.1. The van der Waals surface area contributed by atoms with Crippen LogP contribution in [0.5, 0.6) is 5.75 Å². The van der Waals surface area contributed by atoms with Gasteiger partial charge in [0.15, 0.2) is 11.6 Å². The van der Waals surface area contributed by atoms with E-state index in [9.17, 15) is 14.0 Å². The van der Waals surface area contributed by atoms with Crippen molar-refractivity contribution in [2.24, 2.45) is 11.8 Å². The molecular weight excluding hydrogens is 529 g/mol. The van der Waals surface area contributed by atoms with E-state index in [-0.39, 0.29) is 30.0 Å². The van der Waals surface area contributed by atoms with Crippen molar-refractivity contribution in [3.63, 3.8) is 0 Å². The summed E-state index contributed by atoms with van der Waals surface area (Å²) in [4.78, 5) is 30.7. The average Bonchev–Trinajstić information content (AvgIpc) is 3.39. The van der Waals surface area contributed by atoms with Crippen LogP contribution in [-0.2, 0) is 17.8 Å². The summed E-state index contributed by atoms with van der Waals surface area (Å²) < 4.78 is 24.0. The highest BCUT2D eigenvalue weighted by Crippen LogP contribution is 2.29. The molecule has 1 aliphatic carbocycles. The quantitative estimate of drug-likeness (QED) is 0.387. The van der Waals surface area contributed by atoms with Gasteiger partial charge in [0, 0.05) is 24.3 Å². The molecule has 0 spiro atoms. The number of nitrogens with zero attached hydrogens (tertiary/aromatic N) is 5. The number of halogens is 1. The number of benzene rings is 1. The number of hydrogen-bond donors (Lipinski definition) is 2. The van der Waals surface area contributed by atoms with E-state index >= 15 is 0 Å². The van der Waals surface area contributed by atoms with E-state index in [0.29, 0.717) is 47.6 Å². The number of aryl methyl sites for hydroxylation is 1. The van der Waals surface area contributed by atoms with Gasteiger partial charge in [-0.05, 0) is 100 Å². The average molecular weight is 568 g/mol. The van der Waals surface area contributed by atoms with E-state index in [1.807, 2.05) is 26.8 Å². The molecule has 0 radical (unpaired) electrons. The lowest BCUT2D eigenvalue weighted by atomic mass is 9.82. The number of amides is 2. The Labute approximate surface area is 239 Å². The van der Waals surface area contributed by atoms with Crippen LogP contribution in [0.25, 0.3) is 11.4 Å². The maximum Gasteiger partial charge on any atom is 0.407 e. The van der Waals surface area contributed by atoms with Crippen molar-refractivity contribution in [1.82, 2.24) is 35.8 Å². The molecule has 0 aliphatic heterocycles. The van der Waals surface area contributed by atoms with Crippen LogP contribution in [0.4, 0.5) is 9.18 Å². The van der Waals surface area contributed by atoms with E-state index in [2.05, 4.69) is 31.0 Å². The van der Waals surface area contributed by atoms with E-state index in [0.717, 1.165) is 25.7 Å². The lowest BCUT2D eigenvalue weighted by Gasteiger charge is -2.28. The predicted molar refractivity (Wildman–Crippen MR) is 150 cm³/mol. The minimum atomic E-state index is -0.505. The molecule has 3 aromatic rings. The third kappa shape index (κ3) is 8.70. The van der Waals surface area contributed by atoms with Crippen molar-refractivity contribution in [2.45, 2.75) is 72.1 Å². The van der Waals surface area contributed by atoms with Gasteiger partial charge in [-0.3, -0.25) is 4.79 Å². The second-order valence-electron chi connectivity index (χ2n) is 11.5. The Balaban J connectivity index is 1.30. The summed E-state index contributed by atoms with van der Waals surface area (Å²) in [7, 11) is 1.39. The van der Waals surface area contributed by atoms with Gasteiger partial charge in [-0.15, -0.1) is 10.2 Å². The number of carbonyl (C=O) groups excluding carboxylic acids is 2. The molecule has 2 amide bonds. The fraction of sp³-hybridized carbons (Fsp3) is 0.517. The first-order chi connectivity index (χ1) is 19.5. The summed E-state index contributed by atoms with van der Waals surface area (Å²) in [6, 6.07) is 7.88. The van der Waals surface area contributed by atoms with Crippen LogP contribution in [0.3, 0.4) is 0 Å². The summed E-state index contributed by atoms with van der Waals surface area (Å²) in [6.45, 7) is 8.80. The molecule has 220 valence electrons. The van der Waals surface area contributed by atoms with Crippen LogP contribution in [-0.4, -0.2) is 56.4 Å². The smallest absolute Gasteiger partial charge is 0.407 e. The maximum absolute atomic E-state index is 13.7. The van der Waals surface area contributed by atoms with E-state index in [4.69, 9.17) is 9.47 Å². The number of carbonyl (C=O) groups is 2. The van der Waals surface area contributed by atoms with Gasteiger partial charge < -0.3 is 20.1 Å². The molecule has 0 saturated heterocycles. The van der Waals surface area contributed by atoms with Crippen molar-refractivity contribution in [3.05, 3.63) is 53.1 Å². The Hall–Kier alpha value is -4.09. The minimum absolute atomic E-state index is 0.116. The third-order valence-corrected chi connectivity index (χ3v) is 6.89. The lowest BCUT2D eigenvalue weighted by Crippen LogP contribution is -2.36. The Morgan fingerprint density at radius 2 is 1.80 bits per heavy atom. The van der Waals surface area contributed by atoms with Gasteiger partial charge in [0.2, 0.25) is 5.82 Å². The molecule has 1 saturated carbocycles. The Bertz CT molecular complexity index is 1360. The molecule has 12 heteroatoms. The van der Waals surface area contributed by atoms with Crippen LogP contribution in [0.15, 0.2) is 30.3 Å². The second kappa shape index (κ2) is 13.0. The fourth-order valence-electron chi connectivity index (χ4n) is 4.83. The molecule has 41 heavy (non-hydrogen) atoms. The number of rotatable bonds is 9. The van der Waals surface area contributed by atoms with Crippen LogP contribution in [0.1, 0.15) is 68.2 Å². The zero-order valence-corrected chi connectivity index (χ0v) is 24.2. The van der Waals surface area contributed by atoms with Gasteiger partial charge in [-0.25, -0.2) is 14.2 Å². The SMILES string of the molecule is COc1cc(CNC(=O)c2cc(-c3nnn(CC4CCC(CNC(=O)OC(C)(C)C)CC4)n3)cc(C)n2)ccc1F. The normalized spacial score (nSPS) is 17.1.